The number of aliphatic hydroxyl groups is 1. The third-order valence-electron chi connectivity index (χ3n) is 3.88. The van der Waals surface area contributed by atoms with Gasteiger partial charge in [0.05, 0.1) is 12.2 Å². The normalized spacial score (nSPS) is 22.9. The van der Waals surface area contributed by atoms with Crippen LogP contribution in [0.4, 0.5) is 0 Å². The number of allylic oxidation sites excluding steroid dienone is 2. The lowest BCUT2D eigenvalue weighted by Crippen LogP contribution is -2.24. The van der Waals surface area contributed by atoms with Crippen molar-refractivity contribution in [1.82, 2.24) is 0 Å². The second kappa shape index (κ2) is 7.98. The molecule has 0 aromatic carbocycles. The molecule has 5 heteroatoms. The monoisotopic (exact) mass is 296 g/mol. The number of ether oxygens (including phenoxy) is 1. The van der Waals surface area contributed by atoms with Crippen molar-refractivity contribution >= 4 is 11.9 Å². The highest BCUT2D eigenvalue weighted by molar-refractivity contribution is 5.86. The number of rotatable bonds is 6. The number of esters is 1. The molecule has 0 heterocycles. The molecule has 0 aliphatic heterocycles. The number of hydrogen-bond acceptors (Lipinski definition) is 4. The number of aliphatic carboxylic acids is 1. The van der Waals surface area contributed by atoms with Crippen LogP contribution in [0, 0.1) is 17.8 Å². The van der Waals surface area contributed by atoms with E-state index in [2.05, 4.69) is 13.8 Å². The van der Waals surface area contributed by atoms with Crippen LogP contribution in [0.15, 0.2) is 23.3 Å². The van der Waals surface area contributed by atoms with Crippen molar-refractivity contribution in [1.29, 1.82) is 0 Å². The zero-order valence-corrected chi connectivity index (χ0v) is 12.8. The van der Waals surface area contributed by atoms with Crippen molar-refractivity contribution in [2.75, 3.05) is 13.2 Å². The number of carbonyl (C=O) groups excluding carboxylic acids is 1. The molecule has 2 atom stereocenters. The fourth-order valence-electron chi connectivity index (χ4n) is 2.71. The van der Waals surface area contributed by atoms with E-state index in [1.54, 1.807) is 6.08 Å². The molecule has 2 N–H and O–H groups in total. The number of carbonyl (C=O) groups is 2. The van der Waals surface area contributed by atoms with E-state index in [0.717, 1.165) is 18.4 Å². The number of carboxylic acids is 1. The lowest BCUT2D eigenvalue weighted by molar-refractivity contribution is -0.140. The highest BCUT2D eigenvalue weighted by Crippen LogP contribution is 2.35. The third-order valence-corrected chi connectivity index (χ3v) is 3.88. The molecule has 1 aliphatic rings. The first kappa shape index (κ1) is 17.4. The quantitative estimate of drug-likeness (QED) is 0.446. The summed E-state index contributed by atoms with van der Waals surface area (Å²) in [5.41, 5.74) is 1.02. The summed E-state index contributed by atoms with van der Waals surface area (Å²) < 4.78 is 5.01. The molecule has 0 saturated carbocycles. The van der Waals surface area contributed by atoms with E-state index in [-0.39, 0.29) is 24.1 Å². The largest absolute Gasteiger partial charge is 0.478 e. The zero-order valence-electron chi connectivity index (χ0n) is 12.8. The summed E-state index contributed by atoms with van der Waals surface area (Å²) >= 11 is 0. The van der Waals surface area contributed by atoms with Crippen LogP contribution >= 0.6 is 0 Å². The van der Waals surface area contributed by atoms with Crippen molar-refractivity contribution in [3.8, 4) is 0 Å². The van der Waals surface area contributed by atoms with Gasteiger partial charge in [0.1, 0.15) is 6.61 Å². The van der Waals surface area contributed by atoms with Crippen LogP contribution in [0.2, 0.25) is 0 Å². The minimum atomic E-state index is -1.10. The Labute approximate surface area is 125 Å². The molecule has 0 spiro atoms. The van der Waals surface area contributed by atoms with Crippen LogP contribution in [-0.4, -0.2) is 35.4 Å². The number of aliphatic hydroxyl groups excluding tert-OH is 1. The molecule has 1 aliphatic carbocycles. The van der Waals surface area contributed by atoms with Crippen molar-refractivity contribution < 1.29 is 24.5 Å². The first-order valence-corrected chi connectivity index (χ1v) is 7.23. The summed E-state index contributed by atoms with van der Waals surface area (Å²) in [7, 11) is 0. The van der Waals surface area contributed by atoms with E-state index in [4.69, 9.17) is 14.9 Å². The van der Waals surface area contributed by atoms with Crippen molar-refractivity contribution in [3.05, 3.63) is 23.3 Å². The lowest BCUT2D eigenvalue weighted by atomic mass is 9.74. The van der Waals surface area contributed by atoms with Crippen LogP contribution in [0.1, 0.15) is 33.6 Å². The second-order valence-electron chi connectivity index (χ2n) is 5.78. The standard InChI is InChI=1S/C16H24O5/c1-10(2)15-5-4-12(9-21-11(3)18)6-13(15)7-14(8-17)16(19)20/h6-7,10,13,15,17H,4-5,8-9H2,1-3H3,(H,19,20)/b14-7+/t13-,15-/m1/s1. The molecule has 0 aromatic rings. The minimum Gasteiger partial charge on any atom is -0.478 e. The Morgan fingerprint density at radius 2 is 2.14 bits per heavy atom. The second-order valence-corrected chi connectivity index (χ2v) is 5.78. The van der Waals surface area contributed by atoms with Gasteiger partial charge in [0.2, 0.25) is 0 Å². The van der Waals surface area contributed by atoms with E-state index in [1.165, 1.54) is 6.92 Å². The Hall–Kier alpha value is -1.62. The Morgan fingerprint density at radius 1 is 1.48 bits per heavy atom. The Morgan fingerprint density at radius 3 is 2.62 bits per heavy atom. The maximum absolute atomic E-state index is 11.1. The molecular weight excluding hydrogens is 272 g/mol. The molecule has 0 saturated heterocycles. The molecule has 0 radical (unpaired) electrons. The third kappa shape index (κ3) is 5.34. The highest BCUT2D eigenvalue weighted by Gasteiger charge is 2.27. The summed E-state index contributed by atoms with van der Waals surface area (Å²) in [6.45, 7) is 5.35. The number of carboxylic acid groups (broad SMARTS) is 1. The van der Waals surface area contributed by atoms with E-state index >= 15 is 0 Å². The Balaban J connectivity index is 2.97. The zero-order chi connectivity index (χ0) is 16.0. The Bertz CT molecular complexity index is 448. The van der Waals surface area contributed by atoms with Gasteiger partial charge >= 0.3 is 11.9 Å². The van der Waals surface area contributed by atoms with Crippen LogP contribution in [0.5, 0.6) is 0 Å². The van der Waals surface area contributed by atoms with Crippen molar-refractivity contribution in [2.24, 2.45) is 17.8 Å². The van der Waals surface area contributed by atoms with E-state index < -0.39 is 12.6 Å². The van der Waals surface area contributed by atoms with Crippen molar-refractivity contribution in [2.45, 2.75) is 33.6 Å². The van der Waals surface area contributed by atoms with Gasteiger partial charge in [0.25, 0.3) is 0 Å². The average Bonchev–Trinajstić information content (AvgIpc) is 2.41. The maximum Gasteiger partial charge on any atom is 0.333 e. The van der Waals surface area contributed by atoms with E-state index in [9.17, 15) is 9.59 Å². The summed E-state index contributed by atoms with van der Waals surface area (Å²) in [6, 6.07) is 0. The molecule has 0 fully saturated rings. The van der Waals surface area contributed by atoms with Crippen LogP contribution < -0.4 is 0 Å². The molecule has 118 valence electrons. The molecule has 0 aromatic heterocycles. The molecule has 0 unspecified atom stereocenters. The highest BCUT2D eigenvalue weighted by atomic mass is 16.5. The molecule has 0 amide bonds. The summed E-state index contributed by atoms with van der Waals surface area (Å²) in [5.74, 6) is -0.739. The van der Waals surface area contributed by atoms with Crippen LogP contribution in [-0.2, 0) is 14.3 Å². The van der Waals surface area contributed by atoms with Gasteiger partial charge in [-0.15, -0.1) is 0 Å². The smallest absolute Gasteiger partial charge is 0.333 e. The summed E-state index contributed by atoms with van der Waals surface area (Å²) in [6.07, 6.45) is 5.38. The fourth-order valence-corrected chi connectivity index (χ4v) is 2.71. The molecule has 1 rings (SSSR count). The van der Waals surface area contributed by atoms with Crippen LogP contribution in [0.25, 0.3) is 0 Å². The van der Waals surface area contributed by atoms with E-state index in [1.807, 2.05) is 6.08 Å². The van der Waals surface area contributed by atoms with Gasteiger partial charge in [0.15, 0.2) is 0 Å². The number of hydrogen-bond donors (Lipinski definition) is 2. The molecule has 21 heavy (non-hydrogen) atoms. The SMILES string of the molecule is CC(=O)OCC1=C[C@H](/C=C(\CO)C(=O)O)[C@@H](C(C)C)CC1. The fraction of sp³-hybridized carbons (Fsp3) is 0.625. The summed E-state index contributed by atoms with van der Waals surface area (Å²) in [5, 5.41) is 18.2. The van der Waals surface area contributed by atoms with Gasteiger partial charge in [-0.3, -0.25) is 4.79 Å². The maximum atomic E-state index is 11.1. The molecule has 0 bridgehead atoms. The molecular formula is C16H24O5. The van der Waals surface area contributed by atoms with Gasteiger partial charge in [-0.05, 0) is 36.2 Å². The first-order chi connectivity index (χ1) is 9.85. The van der Waals surface area contributed by atoms with Crippen molar-refractivity contribution in [3.63, 3.8) is 0 Å². The van der Waals surface area contributed by atoms with Gasteiger partial charge in [0, 0.05) is 6.92 Å². The van der Waals surface area contributed by atoms with Gasteiger partial charge in [-0.1, -0.05) is 26.0 Å². The average molecular weight is 296 g/mol. The van der Waals surface area contributed by atoms with Gasteiger partial charge in [-0.25, -0.2) is 4.79 Å². The van der Waals surface area contributed by atoms with Gasteiger partial charge < -0.3 is 14.9 Å². The first-order valence-electron chi connectivity index (χ1n) is 7.23. The molecule has 5 nitrogen and oxygen atoms in total. The van der Waals surface area contributed by atoms with Gasteiger partial charge in [-0.2, -0.15) is 0 Å². The predicted molar refractivity (Wildman–Crippen MR) is 78.6 cm³/mol. The van der Waals surface area contributed by atoms with E-state index in [0.29, 0.717) is 11.8 Å². The summed E-state index contributed by atoms with van der Waals surface area (Å²) in [4.78, 5) is 21.9. The predicted octanol–water partition coefficient (Wildman–Crippen LogP) is 2.16. The van der Waals surface area contributed by atoms with Crippen LogP contribution in [0.3, 0.4) is 0 Å². The Kier molecular flexibility index (Phi) is 6.62. The lowest BCUT2D eigenvalue weighted by Gasteiger charge is -2.31. The topological polar surface area (TPSA) is 83.8 Å². The minimum absolute atomic E-state index is 0.00985.